The van der Waals surface area contributed by atoms with Crippen molar-refractivity contribution in [2.45, 2.75) is 39.4 Å². The van der Waals surface area contributed by atoms with Gasteiger partial charge >= 0.3 is 5.97 Å². The van der Waals surface area contributed by atoms with E-state index in [9.17, 15) is 9.90 Å². The maximum atomic E-state index is 12.4. The molecular weight excluding hydrogens is 436 g/mol. The Morgan fingerprint density at radius 2 is 1.76 bits per heavy atom. The van der Waals surface area contributed by atoms with E-state index < -0.39 is 17.7 Å². The Balaban J connectivity index is 2.02. The Hall–Kier alpha value is -3.28. The van der Waals surface area contributed by atoms with Gasteiger partial charge in [-0.1, -0.05) is 29.8 Å². The summed E-state index contributed by atoms with van der Waals surface area (Å²) in [5.41, 5.74) is 4.64. The molecule has 1 atom stereocenters. The molecule has 0 unspecified atom stereocenters. The summed E-state index contributed by atoms with van der Waals surface area (Å²) in [6, 6.07) is 18.9. The maximum Gasteiger partial charge on any atom is 0.337 e. The lowest BCUT2D eigenvalue weighted by atomic mass is 9.88. The van der Waals surface area contributed by atoms with Gasteiger partial charge in [-0.2, -0.15) is 0 Å². The second-order valence-corrected chi connectivity index (χ2v) is 9.35. The molecule has 4 rings (SSSR count). The first-order valence-electron chi connectivity index (χ1n) is 10.7. The number of aromatic nitrogens is 2. The first-order valence-corrected chi connectivity index (χ1v) is 11.0. The number of benzene rings is 2. The van der Waals surface area contributed by atoms with Gasteiger partial charge in [-0.05, 0) is 86.8 Å². The molecular formula is C27H25ClN2O3. The van der Waals surface area contributed by atoms with Crippen LogP contribution in [0, 0.1) is 6.92 Å². The molecule has 2 heterocycles. The molecule has 0 aliphatic carbocycles. The lowest BCUT2D eigenvalue weighted by molar-refractivity contribution is -0.160. The summed E-state index contributed by atoms with van der Waals surface area (Å²) in [4.78, 5) is 21.6. The van der Waals surface area contributed by atoms with Gasteiger partial charge in [0.05, 0.1) is 22.5 Å². The Labute approximate surface area is 198 Å². The normalized spacial score (nSPS) is 12.6. The number of nitrogens with zero attached hydrogens (tertiary/aromatic N) is 2. The van der Waals surface area contributed by atoms with Crippen molar-refractivity contribution in [3.63, 3.8) is 0 Å². The number of ether oxygens (including phenoxy) is 1. The topological polar surface area (TPSA) is 72.3 Å². The summed E-state index contributed by atoms with van der Waals surface area (Å²) >= 11 is 6.14. The molecule has 0 amide bonds. The first kappa shape index (κ1) is 22.9. The molecule has 4 aromatic rings. The second kappa shape index (κ2) is 8.93. The number of rotatable bonds is 5. The van der Waals surface area contributed by atoms with Crippen molar-refractivity contribution < 1.29 is 14.6 Å². The van der Waals surface area contributed by atoms with Crippen LogP contribution < -0.4 is 0 Å². The van der Waals surface area contributed by atoms with Crippen molar-refractivity contribution in [2.24, 2.45) is 0 Å². The van der Waals surface area contributed by atoms with Crippen LogP contribution in [-0.4, -0.2) is 26.6 Å². The van der Waals surface area contributed by atoms with Gasteiger partial charge in [-0.3, -0.25) is 4.98 Å². The number of aliphatic carboxylic acids is 1. The molecule has 6 heteroatoms. The number of halogens is 1. The molecule has 5 nitrogen and oxygen atoms in total. The number of aryl methyl sites for hydroxylation is 1. The fourth-order valence-corrected chi connectivity index (χ4v) is 4.06. The van der Waals surface area contributed by atoms with Crippen molar-refractivity contribution in [1.29, 1.82) is 0 Å². The van der Waals surface area contributed by atoms with Crippen molar-refractivity contribution in [2.75, 3.05) is 0 Å². The number of hydrogen-bond acceptors (Lipinski definition) is 4. The third-order valence-electron chi connectivity index (χ3n) is 5.26. The summed E-state index contributed by atoms with van der Waals surface area (Å²) < 4.78 is 6.04. The van der Waals surface area contributed by atoms with Crippen molar-refractivity contribution >= 4 is 28.5 Å². The van der Waals surface area contributed by atoms with E-state index in [2.05, 4.69) is 4.98 Å². The van der Waals surface area contributed by atoms with Crippen LogP contribution in [0.25, 0.3) is 33.4 Å². The highest BCUT2D eigenvalue weighted by atomic mass is 35.5. The monoisotopic (exact) mass is 460 g/mol. The van der Waals surface area contributed by atoms with Gasteiger partial charge in [0.2, 0.25) is 0 Å². The average Bonchev–Trinajstić information content (AvgIpc) is 2.77. The summed E-state index contributed by atoms with van der Waals surface area (Å²) in [7, 11) is 0. The number of fused-ring (bicyclic) bond motifs is 1. The molecule has 0 radical (unpaired) electrons. The average molecular weight is 461 g/mol. The van der Waals surface area contributed by atoms with E-state index in [4.69, 9.17) is 21.3 Å². The molecule has 1 N–H and O–H groups in total. The lowest BCUT2D eigenvalue weighted by Gasteiger charge is -2.28. The maximum absolute atomic E-state index is 12.4. The third kappa shape index (κ3) is 4.90. The van der Waals surface area contributed by atoms with E-state index in [-0.39, 0.29) is 0 Å². The van der Waals surface area contributed by atoms with Crippen LogP contribution in [0.2, 0.25) is 5.02 Å². The number of pyridine rings is 2. The number of hydrogen-bond donors (Lipinski definition) is 1. The van der Waals surface area contributed by atoms with E-state index in [0.29, 0.717) is 10.6 Å². The quantitative estimate of drug-likeness (QED) is 0.352. The van der Waals surface area contributed by atoms with E-state index in [1.165, 1.54) is 0 Å². The second-order valence-electron chi connectivity index (χ2n) is 8.92. The van der Waals surface area contributed by atoms with Crippen molar-refractivity contribution in [1.82, 2.24) is 9.97 Å². The highest BCUT2D eigenvalue weighted by molar-refractivity contribution is 6.30. The largest absolute Gasteiger partial charge is 0.479 e. The Morgan fingerprint density at radius 3 is 2.36 bits per heavy atom. The van der Waals surface area contributed by atoms with Crippen LogP contribution in [0.4, 0.5) is 0 Å². The van der Waals surface area contributed by atoms with Crippen LogP contribution in [0.1, 0.15) is 38.0 Å². The Kier molecular flexibility index (Phi) is 6.19. The molecule has 0 spiro atoms. The highest BCUT2D eigenvalue weighted by Gasteiger charge is 2.31. The van der Waals surface area contributed by atoms with Crippen molar-refractivity contribution in [3.8, 4) is 22.5 Å². The van der Waals surface area contributed by atoms with Gasteiger partial charge in [-0.15, -0.1) is 0 Å². The molecule has 0 saturated carbocycles. The molecule has 2 aromatic heterocycles. The fraction of sp³-hybridized carbons (Fsp3) is 0.222. The summed E-state index contributed by atoms with van der Waals surface area (Å²) in [6.45, 7) is 7.44. The van der Waals surface area contributed by atoms with Crippen LogP contribution in [-0.2, 0) is 9.53 Å². The minimum Gasteiger partial charge on any atom is -0.479 e. The summed E-state index contributed by atoms with van der Waals surface area (Å²) in [6.07, 6.45) is 0.589. The van der Waals surface area contributed by atoms with Crippen LogP contribution in [0.15, 0.2) is 66.9 Å². The Morgan fingerprint density at radius 1 is 1.03 bits per heavy atom. The standard InChI is InChI=1S/C27H25ClN2O3/c1-16-15-22-19(12-13-21(30-22)20-7-5-6-14-29-20)24(17-8-10-18(28)11-9-17)23(16)25(26(31)32)33-27(2,3)4/h5-15,25H,1-4H3,(H,31,32)/t25-/m0/s1. The van der Waals surface area contributed by atoms with E-state index in [1.807, 2.05) is 76.2 Å². The van der Waals surface area contributed by atoms with E-state index in [1.54, 1.807) is 18.3 Å². The van der Waals surface area contributed by atoms with Crippen molar-refractivity contribution in [3.05, 3.63) is 83.0 Å². The van der Waals surface area contributed by atoms with E-state index in [0.717, 1.165) is 39.0 Å². The van der Waals surface area contributed by atoms with E-state index >= 15 is 0 Å². The fourth-order valence-electron chi connectivity index (χ4n) is 3.93. The summed E-state index contributed by atoms with van der Waals surface area (Å²) in [5, 5.41) is 11.6. The lowest BCUT2D eigenvalue weighted by Crippen LogP contribution is -2.28. The van der Waals surface area contributed by atoms with Gasteiger partial charge in [0, 0.05) is 22.2 Å². The van der Waals surface area contributed by atoms with Crippen LogP contribution >= 0.6 is 11.6 Å². The molecule has 0 aliphatic heterocycles. The molecule has 0 saturated heterocycles. The molecule has 2 aromatic carbocycles. The zero-order chi connectivity index (χ0) is 23.8. The predicted octanol–water partition coefficient (Wildman–Crippen LogP) is 6.87. The van der Waals surface area contributed by atoms with Crippen LogP contribution in [0.5, 0.6) is 0 Å². The molecule has 33 heavy (non-hydrogen) atoms. The zero-order valence-electron chi connectivity index (χ0n) is 19.0. The number of carboxylic acids is 1. The Bertz CT molecular complexity index is 1310. The summed E-state index contributed by atoms with van der Waals surface area (Å²) in [5.74, 6) is -1.04. The first-order chi connectivity index (χ1) is 15.6. The number of carbonyl (C=O) groups is 1. The third-order valence-corrected chi connectivity index (χ3v) is 5.51. The minimum atomic E-state index is -1.14. The van der Waals surface area contributed by atoms with Gasteiger partial charge in [0.1, 0.15) is 0 Å². The SMILES string of the molecule is Cc1cc2nc(-c3ccccn3)ccc2c(-c2ccc(Cl)cc2)c1[C@H](OC(C)(C)C)C(=O)O. The van der Waals surface area contributed by atoms with Gasteiger partial charge in [0.25, 0.3) is 0 Å². The molecule has 0 aliphatic rings. The van der Waals surface area contributed by atoms with Gasteiger partial charge < -0.3 is 9.84 Å². The molecule has 0 fully saturated rings. The van der Waals surface area contributed by atoms with Crippen LogP contribution in [0.3, 0.4) is 0 Å². The van der Waals surface area contributed by atoms with Gasteiger partial charge in [-0.25, -0.2) is 9.78 Å². The molecule has 168 valence electrons. The highest BCUT2D eigenvalue weighted by Crippen LogP contribution is 2.40. The predicted molar refractivity (Wildman–Crippen MR) is 131 cm³/mol. The minimum absolute atomic E-state index is 0.605. The number of carboxylic acid groups (broad SMARTS) is 1. The zero-order valence-corrected chi connectivity index (χ0v) is 19.7. The van der Waals surface area contributed by atoms with Gasteiger partial charge in [0.15, 0.2) is 6.10 Å². The smallest absolute Gasteiger partial charge is 0.337 e. The molecule has 0 bridgehead atoms.